The number of carbonyl (C=O) groups excluding carboxylic acids is 2. The Balaban J connectivity index is 1.89. The van der Waals surface area contributed by atoms with E-state index in [4.69, 9.17) is 0 Å². The number of nitrogens with one attached hydrogen (secondary N) is 3. The lowest BCUT2D eigenvalue weighted by molar-refractivity contribution is -0.128. The first-order chi connectivity index (χ1) is 11.3. The van der Waals surface area contributed by atoms with Crippen LogP contribution >= 0.6 is 0 Å². The fourth-order valence-corrected chi connectivity index (χ4v) is 2.66. The Bertz CT molecular complexity index is 575. The maximum atomic E-state index is 12.4. The molecule has 24 heavy (non-hydrogen) atoms. The fourth-order valence-electron chi connectivity index (χ4n) is 2.66. The smallest absolute Gasteiger partial charge is 0.251 e. The fraction of sp³-hybridized carbons (Fsp3) is 0.579. The van der Waals surface area contributed by atoms with Crippen LogP contribution in [0.3, 0.4) is 0 Å². The van der Waals surface area contributed by atoms with Crippen molar-refractivity contribution in [2.75, 3.05) is 13.1 Å². The predicted octanol–water partition coefficient (Wildman–Crippen LogP) is 2.08. The molecule has 1 saturated heterocycles. The molecule has 0 radical (unpaired) electrons. The molecule has 1 aromatic rings. The van der Waals surface area contributed by atoms with Crippen LogP contribution in [0.1, 0.15) is 50.0 Å². The van der Waals surface area contributed by atoms with E-state index in [9.17, 15) is 9.59 Å². The second-order valence-electron chi connectivity index (χ2n) is 7.68. The molecule has 2 rings (SSSR count). The maximum Gasteiger partial charge on any atom is 0.251 e. The van der Waals surface area contributed by atoms with Gasteiger partial charge in [0.2, 0.25) is 5.91 Å². The quantitative estimate of drug-likeness (QED) is 0.791. The second-order valence-corrected chi connectivity index (χ2v) is 7.68. The summed E-state index contributed by atoms with van der Waals surface area (Å²) in [7, 11) is 0. The molecular weight excluding hydrogens is 302 g/mol. The number of rotatable bonds is 4. The zero-order valence-corrected chi connectivity index (χ0v) is 15.1. The zero-order valence-electron chi connectivity index (χ0n) is 15.1. The summed E-state index contributed by atoms with van der Waals surface area (Å²) < 4.78 is 0. The minimum Gasteiger partial charge on any atom is -0.352 e. The molecule has 1 aromatic carbocycles. The molecule has 2 amide bonds. The topological polar surface area (TPSA) is 70.2 Å². The average Bonchev–Trinajstić information content (AvgIpc) is 2.54. The van der Waals surface area contributed by atoms with Crippen molar-refractivity contribution in [2.45, 2.75) is 46.7 Å². The Labute approximate surface area is 144 Å². The highest BCUT2D eigenvalue weighted by Crippen LogP contribution is 2.14. The summed E-state index contributed by atoms with van der Waals surface area (Å²) in [6, 6.07) is 7.58. The van der Waals surface area contributed by atoms with Crippen LogP contribution in [0.5, 0.6) is 0 Å². The molecule has 1 heterocycles. The van der Waals surface area contributed by atoms with E-state index in [2.05, 4.69) is 22.9 Å². The van der Waals surface area contributed by atoms with E-state index in [-0.39, 0.29) is 17.9 Å². The minimum atomic E-state index is -0.398. The number of hydrogen-bond donors (Lipinski definition) is 3. The van der Waals surface area contributed by atoms with E-state index < -0.39 is 5.41 Å². The second kappa shape index (κ2) is 7.79. The molecule has 0 bridgehead atoms. The number of amides is 2. The van der Waals surface area contributed by atoms with Crippen LogP contribution in [0.2, 0.25) is 0 Å². The summed E-state index contributed by atoms with van der Waals surface area (Å²) in [6.07, 6.45) is 1.08. The van der Waals surface area contributed by atoms with E-state index in [0.717, 1.165) is 25.1 Å². The molecule has 132 valence electrons. The lowest BCUT2D eigenvalue weighted by atomic mass is 9.94. The third-order valence-electron chi connectivity index (χ3n) is 4.49. The van der Waals surface area contributed by atoms with Crippen LogP contribution in [0.15, 0.2) is 24.3 Å². The molecule has 1 fully saturated rings. The highest BCUT2D eigenvalue weighted by Gasteiger charge is 2.23. The van der Waals surface area contributed by atoms with Gasteiger partial charge >= 0.3 is 0 Å². The van der Waals surface area contributed by atoms with Crippen molar-refractivity contribution in [3.63, 3.8) is 0 Å². The van der Waals surface area contributed by atoms with Crippen LogP contribution in [-0.2, 0) is 11.3 Å². The van der Waals surface area contributed by atoms with Gasteiger partial charge < -0.3 is 16.0 Å². The molecule has 1 aliphatic heterocycles. The molecule has 2 unspecified atom stereocenters. The number of piperidine rings is 1. The van der Waals surface area contributed by atoms with Gasteiger partial charge in [0.15, 0.2) is 0 Å². The van der Waals surface area contributed by atoms with Gasteiger partial charge in [0.05, 0.1) is 0 Å². The Kier molecular flexibility index (Phi) is 5.99. The molecule has 2 atom stereocenters. The Morgan fingerprint density at radius 3 is 2.46 bits per heavy atom. The van der Waals surface area contributed by atoms with Crippen molar-refractivity contribution in [1.29, 1.82) is 0 Å². The third-order valence-corrected chi connectivity index (χ3v) is 4.49. The van der Waals surface area contributed by atoms with E-state index >= 15 is 0 Å². The highest BCUT2D eigenvalue weighted by atomic mass is 16.2. The largest absolute Gasteiger partial charge is 0.352 e. The maximum absolute atomic E-state index is 12.4. The van der Waals surface area contributed by atoms with E-state index in [1.165, 1.54) is 0 Å². The first kappa shape index (κ1) is 18.5. The predicted molar refractivity (Wildman–Crippen MR) is 95.6 cm³/mol. The van der Waals surface area contributed by atoms with Gasteiger partial charge in [-0.25, -0.2) is 0 Å². The number of hydrogen-bond acceptors (Lipinski definition) is 3. The Hall–Kier alpha value is -1.88. The van der Waals surface area contributed by atoms with Crippen molar-refractivity contribution in [3.05, 3.63) is 35.4 Å². The molecular formula is C19H29N3O2. The standard InChI is InChI=1S/C19H29N3O2/c1-13-9-10-20-12-16(13)22-17(23)15-7-5-14(6-8-15)11-21-18(24)19(2,3)4/h5-8,13,16,20H,9-12H2,1-4H3,(H,21,24)(H,22,23). The molecule has 1 aliphatic rings. The van der Waals surface area contributed by atoms with Crippen molar-refractivity contribution in [2.24, 2.45) is 11.3 Å². The molecule has 0 saturated carbocycles. The zero-order chi connectivity index (χ0) is 17.7. The average molecular weight is 331 g/mol. The van der Waals surface area contributed by atoms with Crippen LogP contribution in [0, 0.1) is 11.3 Å². The van der Waals surface area contributed by atoms with Crippen LogP contribution < -0.4 is 16.0 Å². The Morgan fingerprint density at radius 1 is 1.21 bits per heavy atom. The van der Waals surface area contributed by atoms with Gasteiger partial charge in [-0.15, -0.1) is 0 Å². The van der Waals surface area contributed by atoms with Gasteiger partial charge in [0.1, 0.15) is 0 Å². The van der Waals surface area contributed by atoms with Crippen molar-refractivity contribution in [3.8, 4) is 0 Å². The van der Waals surface area contributed by atoms with Crippen molar-refractivity contribution < 1.29 is 9.59 Å². The molecule has 0 aliphatic carbocycles. The van der Waals surface area contributed by atoms with Gasteiger partial charge in [-0.3, -0.25) is 9.59 Å². The third kappa shape index (κ3) is 5.06. The van der Waals surface area contributed by atoms with Gasteiger partial charge in [-0.05, 0) is 36.6 Å². The van der Waals surface area contributed by atoms with Crippen molar-refractivity contribution >= 4 is 11.8 Å². The lowest BCUT2D eigenvalue weighted by Gasteiger charge is -2.30. The Morgan fingerprint density at radius 2 is 1.88 bits per heavy atom. The summed E-state index contributed by atoms with van der Waals surface area (Å²) >= 11 is 0. The summed E-state index contributed by atoms with van der Waals surface area (Å²) in [6.45, 7) is 10.1. The van der Waals surface area contributed by atoms with Gasteiger partial charge in [0.25, 0.3) is 5.91 Å². The number of carbonyl (C=O) groups is 2. The van der Waals surface area contributed by atoms with Crippen LogP contribution in [-0.4, -0.2) is 30.9 Å². The van der Waals surface area contributed by atoms with Gasteiger partial charge in [-0.2, -0.15) is 0 Å². The van der Waals surface area contributed by atoms with E-state index in [1.54, 1.807) is 0 Å². The highest BCUT2D eigenvalue weighted by molar-refractivity contribution is 5.94. The van der Waals surface area contributed by atoms with Crippen molar-refractivity contribution in [1.82, 2.24) is 16.0 Å². The lowest BCUT2D eigenvalue weighted by Crippen LogP contribution is -2.50. The SMILES string of the molecule is CC1CCNCC1NC(=O)c1ccc(CNC(=O)C(C)(C)C)cc1. The van der Waals surface area contributed by atoms with Crippen LogP contribution in [0.4, 0.5) is 0 Å². The molecule has 3 N–H and O–H groups in total. The number of benzene rings is 1. The normalized spacial score (nSPS) is 21.2. The molecule has 0 aromatic heterocycles. The summed E-state index contributed by atoms with van der Waals surface area (Å²) in [5.41, 5.74) is 1.24. The summed E-state index contributed by atoms with van der Waals surface area (Å²) in [4.78, 5) is 24.2. The first-order valence-electron chi connectivity index (χ1n) is 8.66. The van der Waals surface area contributed by atoms with E-state index in [0.29, 0.717) is 18.0 Å². The summed E-state index contributed by atoms with van der Waals surface area (Å²) in [5, 5.41) is 9.33. The molecule has 0 spiro atoms. The molecule has 5 nitrogen and oxygen atoms in total. The van der Waals surface area contributed by atoms with Gasteiger partial charge in [-0.1, -0.05) is 39.8 Å². The van der Waals surface area contributed by atoms with Crippen LogP contribution in [0.25, 0.3) is 0 Å². The molecule has 5 heteroatoms. The first-order valence-corrected chi connectivity index (χ1v) is 8.66. The van der Waals surface area contributed by atoms with E-state index in [1.807, 2.05) is 45.0 Å². The monoisotopic (exact) mass is 331 g/mol. The minimum absolute atomic E-state index is 0.0168. The van der Waals surface area contributed by atoms with Gasteiger partial charge in [0, 0.05) is 30.1 Å². The summed E-state index contributed by atoms with van der Waals surface area (Å²) in [5.74, 6) is 0.464.